The summed E-state index contributed by atoms with van der Waals surface area (Å²) in [6.45, 7) is 9.45. The Bertz CT molecular complexity index is 1450. The molecule has 2 atom stereocenters. The fraction of sp³-hybridized carbons (Fsp3) is 0.171. The van der Waals surface area contributed by atoms with E-state index in [0.717, 1.165) is 0 Å². The first-order valence-electron chi connectivity index (χ1n) is 13.0. The molecule has 0 N–H and O–H groups in total. The van der Waals surface area contributed by atoms with E-state index in [4.69, 9.17) is 0 Å². The average molecular weight is 571 g/mol. The van der Waals surface area contributed by atoms with Crippen molar-refractivity contribution in [2.24, 2.45) is 0 Å². The Balaban J connectivity index is 0.00000168. The molecule has 2 aliphatic carbocycles. The van der Waals surface area contributed by atoms with E-state index in [0.29, 0.717) is 8.45 Å². The number of hydrogen-bond donors (Lipinski definition) is 0. The Morgan fingerprint density at radius 3 is 1.29 bits per heavy atom. The molecule has 0 nitrogen and oxygen atoms in total. The Kier molecular flexibility index (Phi) is 8.80. The molecule has 2 aliphatic rings. The van der Waals surface area contributed by atoms with Crippen molar-refractivity contribution in [3.05, 3.63) is 131 Å². The molecular weight excluding hydrogens is 539 g/mol. The molecule has 4 aromatic carbocycles. The van der Waals surface area contributed by atoms with E-state index in [1.165, 1.54) is 44.5 Å². The van der Waals surface area contributed by atoms with E-state index in [2.05, 4.69) is 137 Å². The minimum absolute atomic E-state index is 0. The van der Waals surface area contributed by atoms with Gasteiger partial charge in [0.1, 0.15) is 0 Å². The molecule has 0 fully saturated rings. The number of allylic oxidation sites excluding steroid dienone is 4. The Hall–Kier alpha value is -2.48. The van der Waals surface area contributed by atoms with Gasteiger partial charge in [-0.1, -0.05) is 0 Å². The van der Waals surface area contributed by atoms with Crippen molar-refractivity contribution in [3.63, 3.8) is 0 Å². The van der Waals surface area contributed by atoms with Gasteiger partial charge < -0.3 is 24.8 Å². The Labute approximate surface area is 245 Å². The first-order valence-corrected chi connectivity index (χ1v) is 15.5. The number of hydrogen-bond acceptors (Lipinski definition) is 0. The van der Waals surface area contributed by atoms with E-state index >= 15 is 0 Å². The maximum absolute atomic E-state index is 2.61. The summed E-state index contributed by atoms with van der Waals surface area (Å²) < 4.78 is 2.73. The smallest absolute Gasteiger partial charge is 1.00 e. The van der Waals surface area contributed by atoms with Crippen molar-refractivity contribution in [2.75, 3.05) is 0 Å². The van der Waals surface area contributed by atoms with Crippen molar-refractivity contribution < 1.29 is 42.2 Å². The molecule has 38 heavy (non-hydrogen) atoms. The number of halogens is 2. The summed E-state index contributed by atoms with van der Waals surface area (Å²) in [4.78, 5) is 0. The van der Waals surface area contributed by atoms with E-state index in [9.17, 15) is 0 Å². The van der Waals surface area contributed by atoms with Gasteiger partial charge in [0.2, 0.25) is 0 Å². The molecule has 6 rings (SSSR count). The van der Waals surface area contributed by atoms with Crippen molar-refractivity contribution in [3.8, 4) is 22.3 Å². The first-order chi connectivity index (χ1) is 17.5. The Morgan fingerprint density at radius 1 is 0.526 bits per heavy atom. The van der Waals surface area contributed by atoms with Crippen LogP contribution in [0.15, 0.2) is 109 Å². The van der Waals surface area contributed by atoms with Crippen LogP contribution in [0.5, 0.6) is 0 Å². The van der Waals surface area contributed by atoms with Crippen LogP contribution in [0.2, 0.25) is 0 Å². The van der Waals surface area contributed by atoms with E-state index < -0.39 is 17.4 Å². The molecule has 0 saturated heterocycles. The van der Waals surface area contributed by atoms with Gasteiger partial charge in [-0.25, -0.2) is 0 Å². The second-order valence-corrected chi connectivity index (χ2v) is 15.3. The number of rotatable bonds is 4. The third kappa shape index (κ3) is 4.85. The number of fused-ring (bicyclic) bond motifs is 2. The number of benzene rings is 4. The molecule has 3 heteroatoms. The summed E-state index contributed by atoms with van der Waals surface area (Å²) in [5.41, 5.74) is 14.3. The van der Waals surface area contributed by atoms with Crippen molar-refractivity contribution in [1.82, 2.24) is 0 Å². The zero-order chi connectivity index (χ0) is 24.8. The molecule has 0 aromatic heterocycles. The molecule has 4 aromatic rings. The van der Waals surface area contributed by atoms with Crippen LogP contribution in [0.25, 0.3) is 33.4 Å². The SMILES string of the molecule is CC1=C[CH]([Ti+2](=[C](C)C)[CH]2C=C(C)c3c(-c4ccccc4)cccc32)c2cccc(-c3ccccc3)c21.[Cl-].[Cl-]. The topological polar surface area (TPSA) is 0 Å². The van der Waals surface area contributed by atoms with E-state index in [-0.39, 0.29) is 24.8 Å². The van der Waals surface area contributed by atoms with Crippen LogP contribution in [-0.4, -0.2) is 3.81 Å². The second-order valence-electron chi connectivity index (χ2n) is 10.4. The maximum atomic E-state index is 2.61. The van der Waals surface area contributed by atoms with Gasteiger partial charge in [-0.3, -0.25) is 0 Å². The second kappa shape index (κ2) is 11.7. The van der Waals surface area contributed by atoms with Gasteiger partial charge in [-0.05, 0) is 0 Å². The molecule has 0 heterocycles. The van der Waals surface area contributed by atoms with Crippen LogP contribution < -0.4 is 24.8 Å². The largest absolute Gasteiger partial charge is 1.00 e. The van der Waals surface area contributed by atoms with Crippen LogP contribution in [-0.2, 0) is 17.4 Å². The summed E-state index contributed by atoms with van der Waals surface area (Å²) in [5, 5.41) is 0. The van der Waals surface area contributed by atoms with Crippen LogP contribution in [0.4, 0.5) is 0 Å². The molecule has 190 valence electrons. The monoisotopic (exact) mass is 570 g/mol. The molecule has 0 bridgehead atoms. The van der Waals surface area contributed by atoms with Crippen LogP contribution in [0, 0.1) is 0 Å². The normalized spacial score (nSPS) is 16.6. The van der Waals surface area contributed by atoms with Gasteiger partial charge in [0.15, 0.2) is 0 Å². The van der Waals surface area contributed by atoms with Gasteiger partial charge >= 0.3 is 222 Å². The summed E-state index contributed by atoms with van der Waals surface area (Å²) in [5.74, 6) is 0. The molecule has 0 spiro atoms. The van der Waals surface area contributed by atoms with E-state index in [1.807, 2.05) is 0 Å². The van der Waals surface area contributed by atoms with Crippen molar-refractivity contribution in [2.45, 2.75) is 36.1 Å². The zero-order valence-corrected chi connectivity index (χ0v) is 25.4. The summed E-state index contributed by atoms with van der Waals surface area (Å²) >= 11 is -1.80. The minimum atomic E-state index is -1.80. The van der Waals surface area contributed by atoms with Gasteiger partial charge in [0.05, 0.1) is 0 Å². The van der Waals surface area contributed by atoms with Crippen molar-refractivity contribution >= 4 is 15.0 Å². The minimum Gasteiger partial charge on any atom is -1.00 e. The summed E-state index contributed by atoms with van der Waals surface area (Å²) in [7, 11) is 0. The van der Waals surface area contributed by atoms with Crippen LogP contribution in [0.1, 0.15) is 58.4 Å². The van der Waals surface area contributed by atoms with Crippen LogP contribution >= 0.6 is 0 Å². The quantitative estimate of drug-likeness (QED) is 0.330. The molecule has 0 saturated carbocycles. The maximum Gasteiger partial charge on any atom is -1.00 e. The van der Waals surface area contributed by atoms with Crippen LogP contribution in [0.3, 0.4) is 0 Å². The molecule has 0 radical (unpaired) electrons. The van der Waals surface area contributed by atoms with Crippen molar-refractivity contribution in [1.29, 1.82) is 0 Å². The van der Waals surface area contributed by atoms with Gasteiger partial charge in [-0.2, -0.15) is 0 Å². The predicted molar refractivity (Wildman–Crippen MR) is 153 cm³/mol. The zero-order valence-electron chi connectivity index (χ0n) is 22.3. The third-order valence-electron chi connectivity index (χ3n) is 7.90. The predicted octanol–water partition coefficient (Wildman–Crippen LogP) is 3.48. The van der Waals surface area contributed by atoms with Gasteiger partial charge in [0, 0.05) is 0 Å². The van der Waals surface area contributed by atoms with E-state index in [1.54, 1.807) is 14.9 Å². The standard InChI is InChI=1S/2C16H13.C3H6.2ClH.Ti/c2*1-12-10-11-14-8-5-9-15(16(12)14)13-6-3-2-4-7-13;1-3-2;;;/h2*2-11H,1H3;1-2H3;2*1H;/q;;;;;+2/p-2. The molecule has 2 unspecified atom stereocenters. The van der Waals surface area contributed by atoms with Gasteiger partial charge in [-0.15, -0.1) is 0 Å². The fourth-order valence-corrected chi connectivity index (χ4v) is 12.1. The average Bonchev–Trinajstić information content (AvgIpc) is 3.42. The third-order valence-corrected chi connectivity index (χ3v) is 13.3. The molecule has 0 aliphatic heterocycles. The fourth-order valence-electron chi connectivity index (χ4n) is 6.43. The first kappa shape index (κ1) is 28.5. The summed E-state index contributed by atoms with van der Waals surface area (Å²) in [6.07, 6.45) is 5.23. The molecular formula is C35H32Cl2Ti. The van der Waals surface area contributed by atoms with Gasteiger partial charge in [0.25, 0.3) is 0 Å². The Morgan fingerprint density at radius 2 is 0.921 bits per heavy atom. The molecule has 0 amide bonds. The summed E-state index contributed by atoms with van der Waals surface area (Å²) in [6, 6.07) is 35.8.